The molecule has 1 aliphatic heterocycles. The number of hydrogen-bond donors (Lipinski definition) is 3. The third-order valence-corrected chi connectivity index (χ3v) is 6.57. The first-order valence-electron chi connectivity index (χ1n) is 10.3. The fraction of sp³-hybridized carbons (Fsp3) is 0.261. The van der Waals surface area contributed by atoms with Crippen LogP contribution in [0.15, 0.2) is 64.6 Å². The van der Waals surface area contributed by atoms with Crippen molar-refractivity contribution >= 4 is 46.2 Å². The molecule has 0 bridgehead atoms. The van der Waals surface area contributed by atoms with E-state index >= 15 is 0 Å². The van der Waals surface area contributed by atoms with Gasteiger partial charge in [0.05, 0.1) is 13.0 Å². The summed E-state index contributed by atoms with van der Waals surface area (Å²) in [6.07, 6.45) is -0.0933. The van der Waals surface area contributed by atoms with Gasteiger partial charge in [0.25, 0.3) is 5.91 Å². The Bertz CT molecular complexity index is 1090. The summed E-state index contributed by atoms with van der Waals surface area (Å²) in [6, 6.07) is 15.9. The Kier molecular flexibility index (Phi) is 7.83. The number of hydrogen-bond acceptors (Lipinski definition) is 5. The van der Waals surface area contributed by atoms with Gasteiger partial charge in [0.1, 0.15) is 11.1 Å². The molecule has 2 amide bonds. The zero-order valence-electron chi connectivity index (χ0n) is 18.3. The number of nitrogens with one attached hydrogen (secondary N) is 1. The average molecular weight is 468 g/mol. The lowest BCUT2D eigenvalue weighted by Crippen LogP contribution is -2.37. The molecular formula is C23H25N5O4S. The molecule has 0 aliphatic carbocycles. The van der Waals surface area contributed by atoms with Crippen LogP contribution in [0.2, 0.25) is 0 Å². The van der Waals surface area contributed by atoms with E-state index in [1.54, 1.807) is 36.2 Å². The van der Waals surface area contributed by atoms with Crippen molar-refractivity contribution in [3.8, 4) is 0 Å². The highest BCUT2D eigenvalue weighted by atomic mass is 32.2. The Morgan fingerprint density at radius 2 is 1.73 bits per heavy atom. The van der Waals surface area contributed by atoms with Crippen molar-refractivity contribution in [2.75, 3.05) is 18.9 Å². The molecule has 2 aromatic rings. The van der Waals surface area contributed by atoms with Crippen molar-refractivity contribution in [1.82, 2.24) is 4.90 Å². The molecule has 4 N–H and O–H groups in total. The fourth-order valence-electron chi connectivity index (χ4n) is 3.12. The summed E-state index contributed by atoms with van der Waals surface area (Å²) in [7, 11) is 1.77. The number of carbonyl (C=O) groups is 3. The number of rotatable bonds is 7. The lowest BCUT2D eigenvalue weighted by Gasteiger charge is -2.18. The summed E-state index contributed by atoms with van der Waals surface area (Å²) in [5, 5.41) is 12.1. The van der Waals surface area contributed by atoms with Crippen LogP contribution >= 0.6 is 11.8 Å². The molecule has 1 heterocycles. The first kappa shape index (κ1) is 24.0. The van der Waals surface area contributed by atoms with Crippen molar-refractivity contribution in [3.63, 3.8) is 0 Å². The van der Waals surface area contributed by atoms with Crippen LogP contribution in [0, 0.1) is 0 Å². The minimum Gasteiger partial charge on any atom is -0.481 e. The Labute approximate surface area is 195 Å². The quantitative estimate of drug-likeness (QED) is 0.420. The van der Waals surface area contributed by atoms with E-state index in [4.69, 9.17) is 10.8 Å². The maximum atomic E-state index is 12.7. The van der Waals surface area contributed by atoms with E-state index in [-0.39, 0.29) is 19.0 Å². The van der Waals surface area contributed by atoms with Crippen LogP contribution in [0.5, 0.6) is 0 Å². The molecule has 0 saturated carbocycles. The lowest BCUT2D eigenvalue weighted by molar-refractivity contribution is -0.136. The normalized spacial score (nSPS) is 19.5. The van der Waals surface area contributed by atoms with Gasteiger partial charge in [0.2, 0.25) is 5.91 Å². The number of thioether (sulfide) groups is 1. The minimum absolute atomic E-state index is 0.0933. The summed E-state index contributed by atoms with van der Waals surface area (Å²) < 4.78 is 0. The van der Waals surface area contributed by atoms with Crippen LogP contribution < -0.4 is 11.1 Å². The number of carboxylic acids is 1. The minimum atomic E-state index is -0.930. The molecule has 2 unspecified atom stereocenters. The largest absolute Gasteiger partial charge is 0.481 e. The van der Waals surface area contributed by atoms with Crippen LogP contribution in [0.4, 0.5) is 5.69 Å². The van der Waals surface area contributed by atoms with Crippen LogP contribution in [-0.4, -0.2) is 63.7 Å². The number of amidine groups is 2. The molecule has 3 rings (SSSR count). The number of carbonyl (C=O) groups excluding carboxylic acids is 2. The molecule has 1 fully saturated rings. The molecule has 10 heteroatoms. The molecule has 9 nitrogen and oxygen atoms in total. The summed E-state index contributed by atoms with van der Waals surface area (Å²) >= 11 is 1.18. The SMILES string of the molecule is CC1C(C(N)=O)SC(=NC(=O)c2ccc(C(=NCCC(=O)O)Nc3ccccc3)cc2)N1C. The molecule has 0 spiro atoms. The lowest BCUT2D eigenvalue weighted by atomic mass is 10.1. The Balaban J connectivity index is 1.79. The van der Waals surface area contributed by atoms with Gasteiger partial charge in [0.15, 0.2) is 5.17 Å². The highest BCUT2D eigenvalue weighted by molar-refractivity contribution is 8.15. The number of aliphatic imine (C=N–C) groups is 2. The van der Waals surface area contributed by atoms with Crippen molar-refractivity contribution in [2.24, 2.45) is 15.7 Å². The number of nitrogens with zero attached hydrogens (tertiary/aromatic N) is 3. The van der Waals surface area contributed by atoms with Crippen LogP contribution in [0.1, 0.15) is 29.3 Å². The Morgan fingerprint density at radius 1 is 1.09 bits per heavy atom. The van der Waals surface area contributed by atoms with Gasteiger partial charge in [-0.3, -0.25) is 19.4 Å². The summed E-state index contributed by atoms with van der Waals surface area (Å²) in [5.74, 6) is -1.31. The van der Waals surface area contributed by atoms with Crippen LogP contribution in [-0.2, 0) is 9.59 Å². The molecular weight excluding hydrogens is 442 g/mol. The molecule has 0 radical (unpaired) electrons. The Morgan fingerprint density at radius 3 is 2.30 bits per heavy atom. The molecule has 0 aromatic heterocycles. The van der Waals surface area contributed by atoms with E-state index in [1.165, 1.54) is 11.8 Å². The summed E-state index contributed by atoms with van der Waals surface area (Å²) in [5.41, 5.74) is 7.31. The third-order valence-electron chi connectivity index (χ3n) is 5.10. The summed E-state index contributed by atoms with van der Waals surface area (Å²) in [6.45, 7) is 1.97. The van der Waals surface area contributed by atoms with E-state index in [0.717, 1.165) is 5.69 Å². The van der Waals surface area contributed by atoms with Crippen molar-refractivity contribution < 1.29 is 19.5 Å². The molecule has 172 valence electrons. The number of anilines is 1. The monoisotopic (exact) mass is 467 g/mol. The molecule has 1 saturated heterocycles. The zero-order chi connectivity index (χ0) is 24.0. The zero-order valence-corrected chi connectivity index (χ0v) is 19.1. The van der Waals surface area contributed by atoms with E-state index in [1.807, 2.05) is 37.3 Å². The first-order valence-corrected chi connectivity index (χ1v) is 11.1. The van der Waals surface area contributed by atoms with Crippen LogP contribution in [0.25, 0.3) is 0 Å². The standard InChI is InChI=1S/C23H25N5O4S/c1-14-19(20(24)31)33-23(28(14)2)27-22(32)16-10-8-15(9-11-16)21(25-13-12-18(29)30)26-17-6-4-3-5-7-17/h3-11,14,19H,12-13H2,1-2H3,(H2,24,31)(H,25,26)(H,29,30). The van der Waals surface area contributed by atoms with Gasteiger partial charge < -0.3 is 21.1 Å². The molecule has 2 aromatic carbocycles. The van der Waals surface area contributed by atoms with Crippen molar-refractivity contribution in [1.29, 1.82) is 0 Å². The van der Waals surface area contributed by atoms with Gasteiger partial charge >= 0.3 is 5.97 Å². The number of carboxylic acid groups (broad SMARTS) is 1. The number of amides is 2. The third kappa shape index (κ3) is 6.19. The number of benzene rings is 2. The molecule has 1 aliphatic rings. The number of aliphatic carboxylic acids is 1. The van der Waals surface area contributed by atoms with E-state index in [9.17, 15) is 14.4 Å². The van der Waals surface area contributed by atoms with Gasteiger partial charge in [-0.05, 0) is 31.2 Å². The number of nitrogens with two attached hydrogens (primary N) is 1. The number of para-hydroxylation sites is 1. The van der Waals surface area contributed by atoms with Crippen LogP contribution in [0.3, 0.4) is 0 Å². The van der Waals surface area contributed by atoms with Gasteiger partial charge in [-0.15, -0.1) is 0 Å². The Hall–Kier alpha value is -3.66. The van der Waals surface area contributed by atoms with Gasteiger partial charge in [-0.25, -0.2) is 0 Å². The topological polar surface area (TPSA) is 137 Å². The van der Waals surface area contributed by atoms with Crippen molar-refractivity contribution in [2.45, 2.75) is 24.6 Å². The second-order valence-corrected chi connectivity index (χ2v) is 8.54. The highest BCUT2D eigenvalue weighted by Gasteiger charge is 2.37. The van der Waals surface area contributed by atoms with Crippen molar-refractivity contribution in [3.05, 3.63) is 65.7 Å². The van der Waals surface area contributed by atoms with E-state index in [0.29, 0.717) is 22.1 Å². The highest BCUT2D eigenvalue weighted by Crippen LogP contribution is 2.30. The molecule has 33 heavy (non-hydrogen) atoms. The van der Waals surface area contributed by atoms with E-state index < -0.39 is 23.0 Å². The maximum Gasteiger partial charge on any atom is 0.305 e. The second-order valence-electron chi connectivity index (χ2n) is 7.43. The van der Waals surface area contributed by atoms with Gasteiger partial charge in [0, 0.05) is 29.9 Å². The predicted molar refractivity (Wildman–Crippen MR) is 130 cm³/mol. The summed E-state index contributed by atoms with van der Waals surface area (Å²) in [4.78, 5) is 45.5. The first-order chi connectivity index (χ1) is 15.8. The van der Waals surface area contributed by atoms with Gasteiger partial charge in [-0.2, -0.15) is 4.99 Å². The smallest absolute Gasteiger partial charge is 0.305 e. The average Bonchev–Trinajstić information content (AvgIpc) is 3.07. The predicted octanol–water partition coefficient (Wildman–Crippen LogP) is 2.44. The van der Waals surface area contributed by atoms with E-state index in [2.05, 4.69) is 15.3 Å². The molecule has 2 atom stereocenters. The second kappa shape index (κ2) is 10.8. The van der Waals surface area contributed by atoms with Gasteiger partial charge in [-0.1, -0.05) is 42.1 Å². The maximum absolute atomic E-state index is 12.7. The fourth-order valence-corrected chi connectivity index (χ4v) is 4.31. The number of primary amides is 1.